The average molecular weight is 355 g/mol. The Balaban J connectivity index is 0.00000288. The molecule has 1 atom stereocenters. The summed E-state index contributed by atoms with van der Waals surface area (Å²) in [6.45, 7) is 4.54. The van der Waals surface area contributed by atoms with E-state index in [1.807, 2.05) is 17.0 Å². The van der Waals surface area contributed by atoms with E-state index in [-0.39, 0.29) is 17.8 Å². The summed E-state index contributed by atoms with van der Waals surface area (Å²) >= 11 is 0. The Bertz CT molecular complexity index is 507. The standard InChI is InChI=1S/C19H30N2O2.ClH/c1-19(14-20)12-13-21(15-19)18(22)7-5-3-4-6-16-8-10-17(23-2)11-9-16;/h8-11H,3-7,12-15,20H2,1-2H3;1H. The molecule has 1 aliphatic rings. The summed E-state index contributed by atoms with van der Waals surface area (Å²) in [5, 5.41) is 0. The normalized spacial score (nSPS) is 19.9. The SMILES string of the molecule is COc1ccc(CCCCCC(=O)N2CCC(C)(CN)C2)cc1.Cl. The molecule has 1 heterocycles. The van der Waals surface area contributed by atoms with Gasteiger partial charge in [0.2, 0.25) is 5.91 Å². The van der Waals surface area contributed by atoms with Crippen molar-refractivity contribution < 1.29 is 9.53 Å². The number of benzene rings is 1. The zero-order valence-corrected chi connectivity index (χ0v) is 15.7. The molecule has 0 spiro atoms. The number of hydrogen-bond donors (Lipinski definition) is 1. The molecule has 0 aromatic heterocycles. The summed E-state index contributed by atoms with van der Waals surface area (Å²) in [5.41, 5.74) is 7.26. The number of unbranched alkanes of at least 4 members (excludes halogenated alkanes) is 2. The van der Waals surface area contributed by atoms with E-state index in [1.54, 1.807) is 7.11 Å². The molecule has 1 aromatic rings. The first kappa shape index (κ1) is 20.8. The van der Waals surface area contributed by atoms with Crippen molar-refractivity contribution in [3.8, 4) is 5.75 Å². The maximum Gasteiger partial charge on any atom is 0.222 e. The highest BCUT2D eigenvalue weighted by Gasteiger charge is 2.34. The summed E-state index contributed by atoms with van der Waals surface area (Å²) < 4.78 is 5.16. The van der Waals surface area contributed by atoms with Crippen molar-refractivity contribution in [2.75, 3.05) is 26.7 Å². The second-order valence-electron chi connectivity index (χ2n) is 6.99. The molecule has 2 rings (SSSR count). The van der Waals surface area contributed by atoms with Gasteiger partial charge >= 0.3 is 0 Å². The van der Waals surface area contributed by atoms with Crippen LogP contribution in [0.5, 0.6) is 5.75 Å². The van der Waals surface area contributed by atoms with Crippen molar-refractivity contribution in [2.45, 2.75) is 45.4 Å². The maximum atomic E-state index is 12.2. The molecular weight excluding hydrogens is 324 g/mol. The second kappa shape index (κ2) is 9.90. The highest BCUT2D eigenvalue weighted by atomic mass is 35.5. The fourth-order valence-electron chi connectivity index (χ4n) is 3.14. The first-order valence-corrected chi connectivity index (χ1v) is 8.67. The van der Waals surface area contributed by atoms with Crippen molar-refractivity contribution in [1.82, 2.24) is 4.90 Å². The number of ether oxygens (including phenoxy) is 1. The van der Waals surface area contributed by atoms with Gasteiger partial charge in [0.25, 0.3) is 0 Å². The van der Waals surface area contributed by atoms with Gasteiger partial charge in [-0.05, 0) is 55.3 Å². The third kappa shape index (κ3) is 5.99. The van der Waals surface area contributed by atoms with Crippen LogP contribution in [0, 0.1) is 5.41 Å². The number of nitrogens with two attached hydrogens (primary N) is 1. The van der Waals surface area contributed by atoms with Crippen LogP contribution >= 0.6 is 12.4 Å². The highest BCUT2D eigenvalue weighted by molar-refractivity contribution is 5.85. The smallest absolute Gasteiger partial charge is 0.222 e. The predicted molar refractivity (Wildman–Crippen MR) is 101 cm³/mol. The Morgan fingerprint density at radius 2 is 1.96 bits per heavy atom. The van der Waals surface area contributed by atoms with Crippen molar-refractivity contribution in [1.29, 1.82) is 0 Å². The summed E-state index contributed by atoms with van der Waals surface area (Å²) in [5.74, 6) is 1.20. The van der Waals surface area contributed by atoms with Gasteiger partial charge in [0.1, 0.15) is 5.75 Å². The van der Waals surface area contributed by atoms with Crippen molar-refractivity contribution >= 4 is 18.3 Å². The lowest BCUT2D eigenvalue weighted by Gasteiger charge is -2.22. The van der Waals surface area contributed by atoms with E-state index >= 15 is 0 Å². The molecule has 4 nitrogen and oxygen atoms in total. The Labute approximate surface area is 152 Å². The topological polar surface area (TPSA) is 55.6 Å². The molecule has 0 radical (unpaired) electrons. The van der Waals surface area contributed by atoms with Crippen molar-refractivity contribution in [3.63, 3.8) is 0 Å². The molecule has 5 heteroatoms. The van der Waals surface area contributed by atoms with Gasteiger partial charge in [-0.25, -0.2) is 0 Å². The molecule has 136 valence electrons. The lowest BCUT2D eigenvalue weighted by molar-refractivity contribution is -0.130. The quantitative estimate of drug-likeness (QED) is 0.728. The number of halogens is 1. The minimum atomic E-state index is 0. The van der Waals surface area contributed by atoms with E-state index in [9.17, 15) is 4.79 Å². The van der Waals surface area contributed by atoms with Crippen molar-refractivity contribution in [3.05, 3.63) is 29.8 Å². The van der Waals surface area contributed by atoms with Gasteiger partial charge in [0.05, 0.1) is 7.11 Å². The van der Waals surface area contributed by atoms with Gasteiger partial charge < -0.3 is 15.4 Å². The Morgan fingerprint density at radius 3 is 2.54 bits per heavy atom. The van der Waals surface area contributed by atoms with E-state index < -0.39 is 0 Å². The van der Waals surface area contributed by atoms with Crippen molar-refractivity contribution in [2.24, 2.45) is 11.1 Å². The van der Waals surface area contributed by atoms with Gasteiger partial charge in [-0.3, -0.25) is 4.79 Å². The molecule has 1 saturated heterocycles. The van der Waals surface area contributed by atoms with E-state index in [2.05, 4.69) is 19.1 Å². The van der Waals surface area contributed by atoms with Gasteiger partial charge in [-0.1, -0.05) is 25.5 Å². The Morgan fingerprint density at radius 1 is 1.25 bits per heavy atom. The lowest BCUT2D eigenvalue weighted by atomic mass is 9.90. The molecule has 0 aliphatic carbocycles. The number of hydrogen-bond acceptors (Lipinski definition) is 3. The van der Waals surface area contributed by atoms with Gasteiger partial charge in [-0.2, -0.15) is 0 Å². The first-order chi connectivity index (χ1) is 11.1. The maximum absolute atomic E-state index is 12.2. The molecular formula is C19H31ClN2O2. The van der Waals surface area contributed by atoms with Crippen LogP contribution in [0.1, 0.15) is 44.6 Å². The zero-order valence-electron chi connectivity index (χ0n) is 14.9. The van der Waals surface area contributed by atoms with E-state index in [0.717, 1.165) is 50.9 Å². The Hall–Kier alpha value is -1.26. The predicted octanol–water partition coefficient (Wildman–Crippen LogP) is 3.42. The third-order valence-electron chi connectivity index (χ3n) is 4.92. The molecule has 24 heavy (non-hydrogen) atoms. The number of nitrogens with zero attached hydrogens (tertiary/aromatic N) is 1. The van der Waals surface area contributed by atoms with Crippen LogP contribution in [0.15, 0.2) is 24.3 Å². The largest absolute Gasteiger partial charge is 0.497 e. The van der Waals surface area contributed by atoms with Crippen LogP contribution in [-0.2, 0) is 11.2 Å². The number of methoxy groups -OCH3 is 1. The number of carbonyl (C=O) groups is 1. The molecule has 1 amide bonds. The molecule has 1 fully saturated rings. The van der Waals surface area contributed by atoms with E-state index in [1.165, 1.54) is 5.56 Å². The fourth-order valence-corrected chi connectivity index (χ4v) is 3.14. The van der Waals surface area contributed by atoms with Crippen LogP contribution in [0.4, 0.5) is 0 Å². The Kier molecular flexibility index (Phi) is 8.57. The fraction of sp³-hybridized carbons (Fsp3) is 0.632. The average Bonchev–Trinajstić information content (AvgIpc) is 2.98. The van der Waals surface area contributed by atoms with Crippen LogP contribution < -0.4 is 10.5 Å². The van der Waals surface area contributed by atoms with Crippen LogP contribution in [-0.4, -0.2) is 37.6 Å². The molecule has 0 saturated carbocycles. The molecule has 1 aromatic carbocycles. The monoisotopic (exact) mass is 354 g/mol. The number of aryl methyl sites for hydroxylation is 1. The minimum absolute atomic E-state index is 0. The number of amides is 1. The van der Waals surface area contributed by atoms with E-state index in [4.69, 9.17) is 10.5 Å². The highest BCUT2D eigenvalue weighted by Crippen LogP contribution is 2.29. The molecule has 1 aliphatic heterocycles. The van der Waals surface area contributed by atoms with Crippen LogP contribution in [0.3, 0.4) is 0 Å². The molecule has 0 bridgehead atoms. The summed E-state index contributed by atoms with van der Waals surface area (Å²) in [6.07, 6.45) is 5.97. The van der Waals surface area contributed by atoms with Gasteiger partial charge in [-0.15, -0.1) is 12.4 Å². The minimum Gasteiger partial charge on any atom is -0.497 e. The van der Waals surface area contributed by atoms with E-state index in [0.29, 0.717) is 18.9 Å². The first-order valence-electron chi connectivity index (χ1n) is 8.67. The van der Waals surface area contributed by atoms with Crippen LogP contribution in [0.2, 0.25) is 0 Å². The summed E-state index contributed by atoms with van der Waals surface area (Å²) in [7, 11) is 1.68. The van der Waals surface area contributed by atoms with Crippen LogP contribution in [0.25, 0.3) is 0 Å². The van der Waals surface area contributed by atoms with Gasteiger partial charge in [0, 0.05) is 19.5 Å². The third-order valence-corrected chi connectivity index (χ3v) is 4.92. The number of likely N-dealkylation sites (tertiary alicyclic amines) is 1. The summed E-state index contributed by atoms with van der Waals surface area (Å²) in [4.78, 5) is 14.2. The number of carbonyl (C=O) groups excluding carboxylic acids is 1. The molecule has 2 N–H and O–H groups in total. The molecule has 1 unspecified atom stereocenters. The zero-order chi connectivity index (χ0) is 16.7. The summed E-state index contributed by atoms with van der Waals surface area (Å²) in [6, 6.07) is 8.23. The lowest BCUT2D eigenvalue weighted by Crippen LogP contribution is -2.34. The second-order valence-corrected chi connectivity index (χ2v) is 6.99. The van der Waals surface area contributed by atoms with Gasteiger partial charge in [0.15, 0.2) is 0 Å². The number of rotatable bonds is 8.